The number of hydrogen-bond donors (Lipinski definition) is 1. The maximum absolute atomic E-state index is 12.3. The average Bonchev–Trinajstić information content (AvgIpc) is 3.22. The van der Waals surface area contributed by atoms with E-state index in [2.05, 4.69) is 15.5 Å². The standard InChI is InChI=1S/C15H12F3N3O2S/c16-15(17,18)9-22-12-4-2-1-3-11(12)19-7-13-20-14(21-23-13)10-5-6-24-8-10/h1-6,8,19H,7,9H2. The fourth-order valence-corrected chi connectivity index (χ4v) is 2.54. The largest absolute Gasteiger partial charge is 0.482 e. The van der Waals surface area contributed by atoms with Gasteiger partial charge in [0.25, 0.3) is 0 Å². The van der Waals surface area contributed by atoms with Crippen molar-refractivity contribution in [1.29, 1.82) is 0 Å². The average molecular weight is 355 g/mol. The second-order valence-electron chi connectivity index (χ2n) is 4.78. The van der Waals surface area contributed by atoms with E-state index in [0.29, 0.717) is 17.4 Å². The second kappa shape index (κ2) is 6.91. The first-order chi connectivity index (χ1) is 11.5. The monoisotopic (exact) mass is 355 g/mol. The summed E-state index contributed by atoms with van der Waals surface area (Å²) in [5, 5.41) is 10.6. The topological polar surface area (TPSA) is 60.2 Å². The van der Waals surface area contributed by atoms with Crippen molar-refractivity contribution in [3.63, 3.8) is 0 Å². The van der Waals surface area contributed by atoms with Crippen LogP contribution in [-0.2, 0) is 6.54 Å². The number of para-hydroxylation sites is 2. The van der Waals surface area contributed by atoms with E-state index in [1.54, 1.807) is 18.2 Å². The van der Waals surface area contributed by atoms with Gasteiger partial charge in [0.2, 0.25) is 11.7 Å². The number of anilines is 1. The zero-order chi connectivity index (χ0) is 17.0. The molecular weight excluding hydrogens is 343 g/mol. The van der Waals surface area contributed by atoms with Crippen molar-refractivity contribution in [2.75, 3.05) is 11.9 Å². The zero-order valence-electron chi connectivity index (χ0n) is 12.2. The molecule has 3 rings (SSSR count). The van der Waals surface area contributed by atoms with Crippen molar-refractivity contribution in [2.45, 2.75) is 12.7 Å². The molecule has 2 heterocycles. The SMILES string of the molecule is FC(F)(F)COc1ccccc1NCc1nc(-c2ccsc2)no1. The lowest BCUT2D eigenvalue weighted by Gasteiger charge is -2.13. The molecule has 0 unspecified atom stereocenters. The summed E-state index contributed by atoms with van der Waals surface area (Å²) < 4.78 is 46.8. The molecule has 0 atom stereocenters. The van der Waals surface area contributed by atoms with E-state index in [1.807, 2.05) is 16.8 Å². The molecule has 0 spiro atoms. The van der Waals surface area contributed by atoms with Crippen LogP contribution in [0.25, 0.3) is 11.4 Å². The van der Waals surface area contributed by atoms with Gasteiger partial charge in [-0.15, -0.1) is 0 Å². The Morgan fingerprint density at radius 1 is 1.21 bits per heavy atom. The van der Waals surface area contributed by atoms with Gasteiger partial charge in [0.05, 0.1) is 12.2 Å². The van der Waals surface area contributed by atoms with E-state index in [4.69, 9.17) is 9.26 Å². The second-order valence-corrected chi connectivity index (χ2v) is 5.56. The predicted octanol–water partition coefficient (Wildman–Crippen LogP) is 4.35. The summed E-state index contributed by atoms with van der Waals surface area (Å²) in [7, 11) is 0. The lowest BCUT2D eigenvalue weighted by molar-refractivity contribution is -0.153. The van der Waals surface area contributed by atoms with E-state index in [1.165, 1.54) is 17.4 Å². The van der Waals surface area contributed by atoms with Crippen molar-refractivity contribution < 1.29 is 22.4 Å². The number of halogens is 3. The fourth-order valence-electron chi connectivity index (χ4n) is 1.90. The van der Waals surface area contributed by atoms with Crippen LogP contribution in [-0.4, -0.2) is 22.9 Å². The first-order valence-electron chi connectivity index (χ1n) is 6.89. The van der Waals surface area contributed by atoms with Gasteiger partial charge >= 0.3 is 6.18 Å². The first kappa shape index (κ1) is 16.3. The highest BCUT2D eigenvalue weighted by molar-refractivity contribution is 7.08. The Morgan fingerprint density at radius 2 is 2.04 bits per heavy atom. The number of nitrogens with zero attached hydrogens (tertiary/aromatic N) is 2. The number of nitrogens with one attached hydrogen (secondary N) is 1. The van der Waals surface area contributed by atoms with Gasteiger partial charge in [0.1, 0.15) is 5.75 Å². The van der Waals surface area contributed by atoms with Crippen LogP contribution in [0.3, 0.4) is 0 Å². The maximum Gasteiger partial charge on any atom is 0.422 e. The molecular formula is C15H12F3N3O2S. The molecule has 0 aliphatic heterocycles. The van der Waals surface area contributed by atoms with Crippen molar-refractivity contribution in [3.05, 3.63) is 47.0 Å². The predicted molar refractivity (Wildman–Crippen MR) is 82.9 cm³/mol. The summed E-state index contributed by atoms with van der Waals surface area (Å²) in [5.41, 5.74) is 1.26. The minimum atomic E-state index is -4.39. The van der Waals surface area contributed by atoms with Gasteiger partial charge in [-0.3, -0.25) is 0 Å². The minimum Gasteiger partial charge on any atom is -0.482 e. The smallest absolute Gasteiger partial charge is 0.422 e. The molecule has 5 nitrogen and oxygen atoms in total. The summed E-state index contributed by atoms with van der Waals surface area (Å²) in [4.78, 5) is 4.23. The summed E-state index contributed by atoms with van der Waals surface area (Å²) in [6.07, 6.45) is -4.39. The molecule has 2 aromatic heterocycles. The highest BCUT2D eigenvalue weighted by atomic mass is 32.1. The third-order valence-electron chi connectivity index (χ3n) is 2.96. The normalized spacial score (nSPS) is 11.5. The van der Waals surface area contributed by atoms with E-state index >= 15 is 0 Å². The Morgan fingerprint density at radius 3 is 2.79 bits per heavy atom. The van der Waals surface area contributed by atoms with Gasteiger partial charge in [-0.25, -0.2) is 0 Å². The molecule has 0 fully saturated rings. The summed E-state index contributed by atoms with van der Waals surface area (Å²) in [6.45, 7) is -1.18. The van der Waals surface area contributed by atoms with Crippen molar-refractivity contribution in [3.8, 4) is 17.1 Å². The highest BCUT2D eigenvalue weighted by Crippen LogP contribution is 2.27. The minimum absolute atomic E-state index is 0.104. The van der Waals surface area contributed by atoms with Crippen molar-refractivity contribution >= 4 is 17.0 Å². The molecule has 24 heavy (non-hydrogen) atoms. The zero-order valence-corrected chi connectivity index (χ0v) is 13.0. The third-order valence-corrected chi connectivity index (χ3v) is 3.64. The third kappa shape index (κ3) is 4.25. The Kier molecular flexibility index (Phi) is 4.70. The number of benzene rings is 1. The number of thiophene rings is 1. The van der Waals surface area contributed by atoms with Gasteiger partial charge in [-0.05, 0) is 23.6 Å². The number of alkyl halides is 3. The van der Waals surface area contributed by atoms with E-state index in [-0.39, 0.29) is 12.3 Å². The van der Waals surface area contributed by atoms with Crippen LogP contribution in [0.1, 0.15) is 5.89 Å². The highest BCUT2D eigenvalue weighted by Gasteiger charge is 2.28. The van der Waals surface area contributed by atoms with Gasteiger partial charge < -0.3 is 14.6 Å². The molecule has 1 aromatic carbocycles. The molecule has 1 N–H and O–H groups in total. The number of hydrogen-bond acceptors (Lipinski definition) is 6. The van der Waals surface area contributed by atoms with E-state index < -0.39 is 12.8 Å². The Labute approximate surface area is 139 Å². The molecule has 0 saturated heterocycles. The van der Waals surface area contributed by atoms with Crippen LogP contribution in [0, 0.1) is 0 Å². The van der Waals surface area contributed by atoms with Crippen LogP contribution < -0.4 is 10.1 Å². The van der Waals surface area contributed by atoms with Gasteiger partial charge in [0.15, 0.2) is 6.61 Å². The van der Waals surface area contributed by atoms with Crippen molar-refractivity contribution in [1.82, 2.24) is 10.1 Å². The molecule has 0 bridgehead atoms. The number of ether oxygens (including phenoxy) is 1. The van der Waals surface area contributed by atoms with Gasteiger partial charge in [-0.2, -0.15) is 29.5 Å². The molecule has 0 saturated carbocycles. The molecule has 3 aromatic rings. The Balaban J connectivity index is 1.64. The van der Waals surface area contributed by atoms with Crippen LogP contribution in [0.5, 0.6) is 5.75 Å². The first-order valence-corrected chi connectivity index (χ1v) is 7.83. The summed E-state index contributed by atoms with van der Waals surface area (Å²) >= 11 is 1.52. The fraction of sp³-hybridized carbons (Fsp3) is 0.200. The van der Waals surface area contributed by atoms with E-state index in [9.17, 15) is 13.2 Å². The summed E-state index contributed by atoms with van der Waals surface area (Å²) in [6, 6.07) is 8.22. The molecule has 0 aliphatic carbocycles. The van der Waals surface area contributed by atoms with Gasteiger partial charge in [0, 0.05) is 10.9 Å². The van der Waals surface area contributed by atoms with Crippen LogP contribution in [0.4, 0.5) is 18.9 Å². The Hall–Kier alpha value is -2.55. The van der Waals surface area contributed by atoms with Gasteiger partial charge in [-0.1, -0.05) is 17.3 Å². The quantitative estimate of drug-likeness (QED) is 0.712. The molecule has 0 amide bonds. The Bertz CT molecular complexity index is 787. The van der Waals surface area contributed by atoms with Crippen LogP contribution in [0.2, 0.25) is 0 Å². The lowest BCUT2D eigenvalue weighted by Crippen LogP contribution is -2.19. The van der Waals surface area contributed by atoms with Crippen LogP contribution in [0.15, 0.2) is 45.6 Å². The van der Waals surface area contributed by atoms with Crippen molar-refractivity contribution in [2.24, 2.45) is 0 Å². The molecule has 0 aliphatic rings. The molecule has 126 valence electrons. The summed E-state index contributed by atoms with van der Waals surface area (Å²) in [5.74, 6) is 0.892. The molecule has 9 heteroatoms. The number of aromatic nitrogens is 2. The van der Waals surface area contributed by atoms with E-state index in [0.717, 1.165) is 5.56 Å². The lowest BCUT2D eigenvalue weighted by atomic mass is 10.3. The molecule has 0 radical (unpaired) electrons. The van der Waals surface area contributed by atoms with Crippen LogP contribution >= 0.6 is 11.3 Å². The maximum atomic E-state index is 12.3. The number of rotatable bonds is 6.